The van der Waals surface area contributed by atoms with Gasteiger partial charge in [0.05, 0.1) is 1.37 Å². The molecule has 5 N–H and O–H groups in total. The third kappa shape index (κ3) is 4.29. The Labute approximate surface area is 67.3 Å². The predicted octanol–water partition coefficient (Wildman–Crippen LogP) is -0.473. The zero-order valence-corrected chi connectivity index (χ0v) is 5.50. The van der Waals surface area contributed by atoms with Gasteiger partial charge in [0, 0.05) is 2.74 Å². The average Bonchev–Trinajstić information content (AvgIpc) is 2.12. The first-order valence-corrected chi connectivity index (χ1v) is 2.91. The van der Waals surface area contributed by atoms with E-state index >= 15 is 0 Å². The van der Waals surface area contributed by atoms with Gasteiger partial charge in [-0.3, -0.25) is 4.79 Å². The van der Waals surface area contributed by atoms with E-state index in [9.17, 15) is 4.79 Å². The van der Waals surface area contributed by atoms with Crippen molar-refractivity contribution in [2.24, 2.45) is 11.5 Å². The van der Waals surface area contributed by atoms with Gasteiger partial charge in [0.1, 0.15) is 8.84 Å². The van der Waals surface area contributed by atoms with Crippen molar-refractivity contribution >= 4 is 5.97 Å². The molecule has 0 rings (SSSR count). The molecule has 0 unspecified atom stereocenters. The maximum Gasteiger partial charge on any atom is 0.320 e. The van der Waals surface area contributed by atoms with Crippen LogP contribution in [0.2, 0.25) is 2.82 Å². The lowest BCUT2D eigenvalue weighted by Gasteiger charge is -2.03. The lowest BCUT2D eigenvalue weighted by Crippen LogP contribution is -2.29. The van der Waals surface area contributed by atoms with Crippen molar-refractivity contribution in [1.82, 2.24) is 0 Å². The standard InChI is InChI=1S/C6H14N2O2/c7-4-2-1-3-5(8)6(9)10/h5H,1-4,7-8H2,(H,9,10)/t5-/m0/s1/i3D2,5D/hD2. The molecule has 4 heteroatoms. The zero-order chi connectivity index (χ0) is 12.3. The van der Waals surface area contributed by atoms with Gasteiger partial charge in [-0.15, -0.1) is 0 Å². The van der Waals surface area contributed by atoms with Crippen molar-refractivity contribution in [2.45, 2.75) is 25.2 Å². The van der Waals surface area contributed by atoms with E-state index in [1.807, 2.05) is 0 Å². The Morgan fingerprint density at radius 3 is 3.00 bits per heavy atom. The van der Waals surface area contributed by atoms with E-state index in [0.717, 1.165) is 0 Å². The minimum absolute atomic E-state index is 0.158. The van der Waals surface area contributed by atoms with Crippen molar-refractivity contribution in [1.29, 1.82) is 0 Å². The Morgan fingerprint density at radius 1 is 1.90 bits per heavy atom. The lowest BCUT2D eigenvalue weighted by molar-refractivity contribution is -0.138. The van der Waals surface area contributed by atoms with Crippen molar-refractivity contribution in [3.05, 3.63) is 0 Å². The molecule has 0 aliphatic heterocycles. The number of carboxylic acid groups (broad SMARTS) is 1. The molecular formula is C6H14N2O2. The molecule has 0 bridgehead atoms. The average molecular weight is 151 g/mol. The van der Waals surface area contributed by atoms with Crippen LogP contribution in [0.15, 0.2) is 0 Å². The summed E-state index contributed by atoms with van der Waals surface area (Å²) in [5.41, 5.74) is 4.71. The van der Waals surface area contributed by atoms with Crippen LogP contribution in [0.3, 0.4) is 0 Å². The van der Waals surface area contributed by atoms with Crippen LogP contribution in [0, 0.1) is 0 Å². The Bertz CT molecular complexity index is 238. The van der Waals surface area contributed by atoms with Crippen LogP contribution in [-0.2, 0) is 4.79 Å². The summed E-state index contributed by atoms with van der Waals surface area (Å²) in [5, 5.41) is 8.70. The monoisotopic (exact) mass is 151 g/mol. The second-order valence-corrected chi connectivity index (χ2v) is 1.72. The zero-order valence-electron chi connectivity index (χ0n) is 10.5. The molecule has 0 aromatic heterocycles. The number of aliphatic carboxylic acids is 1. The number of carbonyl (C=O) groups is 1. The summed E-state index contributed by atoms with van der Waals surface area (Å²) in [5.74, 6) is -1.87. The summed E-state index contributed by atoms with van der Waals surface area (Å²) in [7, 11) is 0. The first kappa shape index (κ1) is 3.69. The van der Waals surface area contributed by atoms with Crippen molar-refractivity contribution in [3.63, 3.8) is 0 Å². The van der Waals surface area contributed by atoms with Gasteiger partial charge in [-0.1, -0.05) is 6.42 Å². The smallest absolute Gasteiger partial charge is 0.320 e. The molecule has 1 atom stereocenters. The maximum atomic E-state index is 10.7. The molecule has 0 aromatic rings. The molecule has 0 aliphatic rings. The van der Waals surface area contributed by atoms with Gasteiger partial charge in [0.2, 0.25) is 0 Å². The summed E-state index contributed by atoms with van der Waals surface area (Å²) in [6.07, 6.45) is -2.61. The molecule has 10 heavy (non-hydrogen) atoms. The van der Waals surface area contributed by atoms with Gasteiger partial charge in [-0.25, -0.2) is 0 Å². The van der Waals surface area contributed by atoms with Gasteiger partial charge in [-0.05, 0) is 19.3 Å². The minimum Gasteiger partial charge on any atom is -0.480 e. The number of nitrogens with two attached hydrogens (primary N) is 2. The molecule has 0 radical (unpaired) electrons. The molecule has 0 saturated carbocycles. The Balaban J connectivity index is 4.98. The molecule has 0 spiro atoms. The molecular weight excluding hydrogens is 132 g/mol. The van der Waals surface area contributed by atoms with Crippen molar-refractivity contribution in [3.8, 4) is 0 Å². The molecule has 0 aliphatic carbocycles. The number of hydrogen-bond donors (Lipinski definition) is 3. The van der Waals surface area contributed by atoms with Crippen LogP contribution in [-0.4, -0.2) is 23.6 Å². The van der Waals surface area contributed by atoms with Crippen LogP contribution >= 0.6 is 0 Å². The third-order valence-electron chi connectivity index (χ3n) is 0.876. The van der Waals surface area contributed by atoms with Crippen LogP contribution in [0.4, 0.5) is 0 Å². The Kier molecular flexibility index (Phi) is 1.92. The van der Waals surface area contributed by atoms with Gasteiger partial charge >= 0.3 is 5.97 Å². The molecule has 0 aromatic carbocycles. The van der Waals surface area contributed by atoms with Crippen molar-refractivity contribution in [2.75, 3.05) is 6.54 Å². The second-order valence-electron chi connectivity index (χ2n) is 1.72. The van der Waals surface area contributed by atoms with Gasteiger partial charge in [0.15, 0.2) is 0 Å². The van der Waals surface area contributed by atoms with Crippen LogP contribution < -0.4 is 11.5 Å². The fourth-order valence-electron chi connectivity index (χ4n) is 0.384. The molecule has 4 nitrogen and oxygen atoms in total. The Hall–Kier alpha value is -0.610. The van der Waals surface area contributed by atoms with Gasteiger partial charge < -0.3 is 16.6 Å². The van der Waals surface area contributed by atoms with E-state index in [0.29, 0.717) is 0 Å². The molecule has 0 amide bonds. The van der Waals surface area contributed by atoms with E-state index in [1.54, 1.807) is 0 Å². The number of hydrogen-bond acceptors (Lipinski definition) is 3. The Morgan fingerprint density at radius 2 is 2.60 bits per heavy atom. The fraction of sp³-hybridized carbons (Fsp3) is 0.833. The first-order valence-electron chi connectivity index (χ1n) is 5.31. The van der Waals surface area contributed by atoms with Crippen molar-refractivity contribution < 1.29 is 16.8 Å². The topological polar surface area (TPSA) is 89.3 Å². The highest BCUT2D eigenvalue weighted by Gasteiger charge is 2.09. The fourth-order valence-corrected chi connectivity index (χ4v) is 0.384. The third-order valence-corrected chi connectivity index (χ3v) is 0.876. The molecule has 0 fully saturated rings. The van der Waals surface area contributed by atoms with Crippen LogP contribution in [0.25, 0.3) is 0 Å². The first-order chi connectivity index (χ1) is 6.70. The van der Waals surface area contributed by atoms with E-state index in [4.69, 9.17) is 17.8 Å². The summed E-state index contributed by atoms with van der Waals surface area (Å²) in [6, 6.07) is -2.94. The quantitative estimate of drug-likeness (QED) is 0.478. The van der Waals surface area contributed by atoms with E-state index in [-0.39, 0.29) is 19.4 Å². The lowest BCUT2D eigenvalue weighted by atomic mass is 10.1. The van der Waals surface area contributed by atoms with Gasteiger partial charge in [0.25, 0.3) is 0 Å². The second kappa shape index (κ2) is 5.20. The summed E-state index contributed by atoms with van der Waals surface area (Å²) in [4.78, 5) is 10.7. The van der Waals surface area contributed by atoms with E-state index in [2.05, 4.69) is 0 Å². The van der Waals surface area contributed by atoms with Gasteiger partial charge in [-0.2, -0.15) is 0 Å². The summed E-state index contributed by atoms with van der Waals surface area (Å²) in [6.45, 7) is 0.158. The largest absolute Gasteiger partial charge is 0.480 e. The molecule has 0 heterocycles. The van der Waals surface area contributed by atoms with Crippen LogP contribution in [0.5, 0.6) is 0 Å². The normalized spacial score (nSPS) is 25.2. The maximum absolute atomic E-state index is 10.7. The minimum atomic E-state index is -2.94. The molecule has 60 valence electrons. The molecule has 0 saturated heterocycles. The highest BCUT2D eigenvalue weighted by atomic mass is 16.4. The SMILES string of the molecule is [2H]N([2H])[C@]([2H])(C(=O)O)C([2H])([2H])CCCN. The van der Waals surface area contributed by atoms with Crippen LogP contribution in [0.1, 0.15) is 23.3 Å². The van der Waals surface area contributed by atoms with E-state index < -0.39 is 24.1 Å². The predicted molar refractivity (Wildman–Crippen MR) is 38.5 cm³/mol. The number of carboxylic acids is 1. The highest BCUT2D eigenvalue weighted by Crippen LogP contribution is 1.96. The number of rotatable bonds is 6. The van der Waals surface area contributed by atoms with E-state index in [1.165, 1.54) is 0 Å². The highest BCUT2D eigenvalue weighted by molar-refractivity contribution is 5.72. The summed E-state index contributed by atoms with van der Waals surface area (Å²) >= 11 is 0. The summed E-state index contributed by atoms with van der Waals surface area (Å²) < 4.78 is 35.8.